The van der Waals surface area contributed by atoms with Gasteiger partial charge < -0.3 is 18.1 Å². The summed E-state index contributed by atoms with van der Waals surface area (Å²) in [6, 6.07) is 35.2. The fraction of sp³-hybridized carbons (Fsp3) is 0.368. The summed E-state index contributed by atoms with van der Waals surface area (Å²) in [4.78, 5) is 0. The molecule has 1 unspecified atom stereocenters. The summed E-state index contributed by atoms with van der Waals surface area (Å²) in [5, 5.41) is 2.74. The van der Waals surface area contributed by atoms with Gasteiger partial charge >= 0.3 is 7.60 Å². The Morgan fingerprint density at radius 3 is 1.53 bits per heavy atom. The van der Waals surface area contributed by atoms with Crippen molar-refractivity contribution in [2.24, 2.45) is 5.41 Å². The fourth-order valence-corrected chi connectivity index (χ4v) is 11.9. The van der Waals surface area contributed by atoms with E-state index in [1.165, 1.54) is 0 Å². The lowest BCUT2D eigenvalue weighted by atomic mass is 9.97. The summed E-state index contributed by atoms with van der Waals surface area (Å²) in [5.74, 6) is 0.730. The molecule has 9 heteroatoms. The highest BCUT2D eigenvalue weighted by atomic mass is 31.2. The standard InChI is InChI=1S/C15H15O2P.C15H17OP.C8H17O3P/c1-11(2)18(16)15-10-6-4-8-13(15)12-7-3-5-9-14(12)17-18;1-13(2)17(16,14-9-5-3-6-10-14)15-11-7-4-8-12-15;1-7(2)12(9)10-5-8(3,4)6-11-12/h3-11H,1-2H3;3-13H,1-2H3;7H,5-6H2,1-4H3. The van der Waals surface area contributed by atoms with Crippen molar-refractivity contribution in [1.82, 2.24) is 0 Å². The van der Waals surface area contributed by atoms with Crippen LogP contribution < -0.4 is 20.4 Å². The van der Waals surface area contributed by atoms with Crippen molar-refractivity contribution in [3.8, 4) is 16.9 Å². The maximum atomic E-state index is 13.3. The number of hydrogen-bond donors (Lipinski definition) is 0. The summed E-state index contributed by atoms with van der Waals surface area (Å²) >= 11 is 0. The second-order valence-corrected chi connectivity index (χ2v) is 22.5. The molecule has 1 fully saturated rings. The van der Waals surface area contributed by atoms with Crippen molar-refractivity contribution in [1.29, 1.82) is 0 Å². The molecule has 2 heterocycles. The van der Waals surface area contributed by atoms with Crippen LogP contribution in [-0.4, -0.2) is 30.2 Å². The molecule has 0 aromatic heterocycles. The molecule has 252 valence electrons. The molecule has 6 rings (SSSR count). The molecule has 2 aliphatic heterocycles. The third-order valence-corrected chi connectivity index (χ3v) is 17.0. The van der Waals surface area contributed by atoms with E-state index in [-0.39, 0.29) is 22.4 Å². The van der Waals surface area contributed by atoms with Gasteiger partial charge in [0.25, 0.3) is 7.37 Å². The van der Waals surface area contributed by atoms with Crippen LogP contribution in [0.2, 0.25) is 0 Å². The van der Waals surface area contributed by atoms with Crippen LogP contribution in [-0.2, 0) is 22.7 Å². The van der Waals surface area contributed by atoms with E-state index >= 15 is 0 Å². The second-order valence-electron chi connectivity index (χ2n) is 13.6. The molecule has 0 bridgehead atoms. The van der Waals surface area contributed by atoms with Crippen molar-refractivity contribution in [3.05, 3.63) is 109 Å². The van der Waals surface area contributed by atoms with Gasteiger partial charge in [-0.05, 0) is 17.7 Å². The first-order valence-electron chi connectivity index (χ1n) is 16.2. The van der Waals surface area contributed by atoms with E-state index in [1.54, 1.807) is 0 Å². The molecule has 4 aromatic carbocycles. The Balaban J connectivity index is 0.000000163. The second kappa shape index (κ2) is 15.2. The summed E-state index contributed by atoms with van der Waals surface area (Å²) in [5.41, 5.74) is 2.13. The van der Waals surface area contributed by atoms with Gasteiger partial charge in [-0.3, -0.25) is 9.13 Å². The topological polar surface area (TPSA) is 78.9 Å². The molecule has 0 saturated carbocycles. The van der Waals surface area contributed by atoms with Gasteiger partial charge in [0.2, 0.25) is 0 Å². The average molecular weight is 695 g/mol. The Morgan fingerprint density at radius 2 is 1.06 bits per heavy atom. The monoisotopic (exact) mass is 694 g/mol. The van der Waals surface area contributed by atoms with Crippen molar-refractivity contribution in [3.63, 3.8) is 0 Å². The van der Waals surface area contributed by atoms with Crippen LogP contribution in [0.4, 0.5) is 0 Å². The highest BCUT2D eigenvalue weighted by Gasteiger charge is 2.39. The molecule has 6 nitrogen and oxygen atoms in total. The molecule has 47 heavy (non-hydrogen) atoms. The smallest absolute Gasteiger partial charge is 0.333 e. The highest BCUT2D eigenvalue weighted by Crippen LogP contribution is 2.58. The van der Waals surface area contributed by atoms with E-state index < -0.39 is 22.1 Å². The van der Waals surface area contributed by atoms with E-state index in [0.717, 1.165) is 32.8 Å². The molecule has 1 atom stereocenters. The van der Waals surface area contributed by atoms with E-state index in [0.29, 0.717) is 13.2 Å². The Morgan fingerprint density at radius 1 is 0.617 bits per heavy atom. The number of para-hydroxylation sites is 1. The Kier molecular flexibility index (Phi) is 12.0. The quantitative estimate of drug-likeness (QED) is 0.194. The SMILES string of the molecule is CC(C)P(=O)(c1ccccc1)c1ccccc1.CC(C)P1(=O)OCC(C)(C)CO1.CC(C)P1(=O)Oc2ccccc2-c2ccccc21. The molecular formula is C38H49O6P3. The third kappa shape index (κ3) is 8.30. The first kappa shape index (κ1) is 37.1. The minimum absolute atomic E-state index is 0.00278. The van der Waals surface area contributed by atoms with Crippen molar-refractivity contribution < 1.29 is 27.3 Å². The van der Waals surface area contributed by atoms with Crippen LogP contribution >= 0.6 is 22.1 Å². The lowest BCUT2D eigenvalue weighted by molar-refractivity contribution is 0.0390. The summed E-state index contributed by atoms with van der Waals surface area (Å²) < 4.78 is 54.6. The molecule has 4 aromatic rings. The largest absolute Gasteiger partial charge is 0.439 e. The van der Waals surface area contributed by atoms with Gasteiger partial charge in [0.1, 0.15) is 12.9 Å². The molecule has 0 amide bonds. The molecule has 1 saturated heterocycles. The Bertz CT molecular complexity index is 1710. The molecule has 2 aliphatic rings. The first-order chi connectivity index (χ1) is 22.1. The van der Waals surface area contributed by atoms with Gasteiger partial charge in [-0.25, -0.2) is 0 Å². The Labute approximate surface area is 281 Å². The average Bonchev–Trinajstić information content (AvgIpc) is 3.07. The first-order valence-corrected chi connectivity index (χ1v) is 21.3. The fourth-order valence-electron chi connectivity index (χ4n) is 5.27. The Hall–Kier alpha value is -2.71. The van der Waals surface area contributed by atoms with Crippen molar-refractivity contribution in [2.45, 2.75) is 72.4 Å². The van der Waals surface area contributed by atoms with Crippen LogP contribution in [0.5, 0.6) is 5.75 Å². The molecular weight excluding hydrogens is 645 g/mol. The zero-order chi connectivity index (χ0) is 34.5. The molecule has 0 radical (unpaired) electrons. The molecule has 0 N–H and O–H groups in total. The number of rotatable bonds is 5. The number of hydrogen-bond acceptors (Lipinski definition) is 6. The maximum absolute atomic E-state index is 13.3. The lowest BCUT2D eigenvalue weighted by Crippen LogP contribution is -2.31. The van der Waals surface area contributed by atoms with Gasteiger partial charge in [-0.15, -0.1) is 0 Å². The van der Waals surface area contributed by atoms with Crippen LogP contribution in [0.25, 0.3) is 11.1 Å². The van der Waals surface area contributed by atoms with Crippen LogP contribution in [0.1, 0.15) is 55.4 Å². The normalized spacial score (nSPS) is 19.3. The van der Waals surface area contributed by atoms with Gasteiger partial charge in [0.05, 0.1) is 24.2 Å². The number of fused-ring (bicyclic) bond motifs is 3. The van der Waals surface area contributed by atoms with Crippen molar-refractivity contribution >= 4 is 38.0 Å². The van der Waals surface area contributed by atoms with Crippen LogP contribution in [0.3, 0.4) is 0 Å². The predicted molar refractivity (Wildman–Crippen MR) is 198 cm³/mol. The van der Waals surface area contributed by atoms with Gasteiger partial charge in [-0.2, -0.15) is 0 Å². The third-order valence-electron chi connectivity index (χ3n) is 8.24. The predicted octanol–water partition coefficient (Wildman–Crippen LogP) is 10.1. The zero-order valence-corrected chi connectivity index (χ0v) is 31.5. The minimum atomic E-state index is -2.81. The minimum Gasteiger partial charge on any atom is -0.439 e. The van der Waals surface area contributed by atoms with Crippen molar-refractivity contribution in [2.75, 3.05) is 13.2 Å². The van der Waals surface area contributed by atoms with Gasteiger partial charge in [-0.1, -0.05) is 152 Å². The van der Waals surface area contributed by atoms with E-state index in [2.05, 4.69) is 0 Å². The van der Waals surface area contributed by atoms with Gasteiger partial charge in [0.15, 0.2) is 0 Å². The highest BCUT2D eigenvalue weighted by molar-refractivity contribution is 7.79. The van der Waals surface area contributed by atoms with Crippen LogP contribution in [0.15, 0.2) is 109 Å². The summed E-state index contributed by atoms with van der Waals surface area (Å²) in [6.07, 6.45) is 0. The maximum Gasteiger partial charge on any atom is 0.333 e. The van der Waals surface area contributed by atoms with Gasteiger partial charge in [0, 0.05) is 32.9 Å². The lowest BCUT2D eigenvalue weighted by Gasteiger charge is -2.35. The molecule has 0 spiro atoms. The van der Waals surface area contributed by atoms with E-state index in [9.17, 15) is 13.7 Å². The summed E-state index contributed by atoms with van der Waals surface area (Å²) in [6.45, 7) is 16.8. The summed E-state index contributed by atoms with van der Waals surface area (Å²) in [7, 11) is -8.07. The van der Waals surface area contributed by atoms with E-state index in [1.807, 2.05) is 165 Å². The molecule has 0 aliphatic carbocycles. The number of benzene rings is 4. The van der Waals surface area contributed by atoms with Crippen LogP contribution in [0, 0.1) is 5.41 Å². The zero-order valence-electron chi connectivity index (χ0n) is 28.8. The van der Waals surface area contributed by atoms with E-state index in [4.69, 9.17) is 13.6 Å².